The van der Waals surface area contributed by atoms with Crippen molar-refractivity contribution in [2.75, 3.05) is 18.5 Å². The predicted octanol–water partition coefficient (Wildman–Crippen LogP) is 2.64. The quantitative estimate of drug-likeness (QED) is 0.909. The van der Waals surface area contributed by atoms with E-state index in [0.717, 1.165) is 43.9 Å². The van der Waals surface area contributed by atoms with Gasteiger partial charge in [-0.3, -0.25) is 9.89 Å². The van der Waals surface area contributed by atoms with Crippen LogP contribution in [0.25, 0.3) is 0 Å². The predicted molar refractivity (Wildman–Crippen MR) is 79.6 cm³/mol. The molecule has 6 nitrogen and oxygen atoms in total. The second-order valence-corrected chi connectivity index (χ2v) is 6.05. The first-order chi connectivity index (χ1) is 10.8. The summed E-state index contributed by atoms with van der Waals surface area (Å²) >= 11 is 0. The number of amides is 1. The van der Waals surface area contributed by atoms with E-state index < -0.39 is 0 Å². The Balaban J connectivity index is 1.36. The van der Waals surface area contributed by atoms with Gasteiger partial charge in [0.15, 0.2) is 5.82 Å². The highest BCUT2D eigenvalue weighted by molar-refractivity contribution is 5.94. The monoisotopic (exact) mass is 301 g/mol. The number of nitrogens with one attached hydrogen (secondary N) is 2. The molecular weight excluding hydrogens is 282 g/mol. The van der Waals surface area contributed by atoms with E-state index in [1.54, 1.807) is 6.26 Å². The summed E-state index contributed by atoms with van der Waals surface area (Å²) in [5.74, 6) is 2.18. The molecule has 1 aliphatic heterocycles. The number of aromatic amines is 1. The maximum absolute atomic E-state index is 12.2. The van der Waals surface area contributed by atoms with Crippen molar-refractivity contribution >= 4 is 11.7 Å². The molecular formula is C16H19N3O3. The average Bonchev–Trinajstić information content (AvgIpc) is 2.97. The Kier molecular flexibility index (Phi) is 3.46. The second-order valence-electron chi connectivity index (χ2n) is 6.05. The van der Waals surface area contributed by atoms with E-state index in [-0.39, 0.29) is 17.7 Å². The highest BCUT2D eigenvalue weighted by atomic mass is 16.5. The molecule has 0 bridgehead atoms. The second kappa shape index (κ2) is 5.61. The molecule has 0 aromatic carbocycles. The molecule has 116 valence electrons. The third kappa shape index (κ3) is 2.66. The number of ether oxygens (including phenoxy) is 1. The molecule has 2 aromatic rings. The van der Waals surface area contributed by atoms with Crippen LogP contribution in [0.1, 0.15) is 42.6 Å². The Hall–Kier alpha value is -2.08. The van der Waals surface area contributed by atoms with Crippen molar-refractivity contribution in [3.8, 4) is 0 Å². The molecule has 1 saturated carbocycles. The van der Waals surface area contributed by atoms with Gasteiger partial charge in [-0.25, -0.2) is 0 Å². The van der Waals surface area contributed by atoms with Gasteiger partial charge in [0.25, 0.3) is 0 Å². The molecule has 0 unspecified atom stereocenters. The average molecular weight is 301 g/mol. The largest absolute Gasteiger partial charge is 0.469 e. The molecule has 2 aliphatic rings. The van der Waals surface area contributed by atoms with E-state index in [4.69, 9.17) is 9.15 Å². The Bertz CT molecular complexity index is 643. The van der Waals surface area contributed by atoms with E-state index in [1.807, 2.05) is 18.2 Å². The SMILES string of the molecule is O=C(Nc1cc(C2CCOCC2)[nH]n1)[C@@H]1C[C@H]1c1ccco1. The van der Waals surface area contributed by atoms with E-state index in [2.05, 4.69) is 15.5 Å². The summed E-state index contributed by atoms with van der Waals surface area (Å²) in [6.45, 7) is 1.58. The van der Waals surface area contributed by atoms with Crippen molar-refractivity contribution in [2.45, 2.75) is 31.1 Å². The lowest BCUT2D eigenvalue weighted by Gasteiger charge is -2.20. The van der Waals surface area contributed by atoms with E-state index in [9.17, 15) is 4.79 Å². The van der Waals surface area contributed by atoms with Gasteiger partial charge < -0.3 is 14.5 Å². The van der Waals surface area contributed by atoms with Crippen LogP contribution in [0.4, 0.5) is 5.82 Å². The number of carbonyl (C=O) groups is 1. The third-order valence-electron chi connectivity index (χ3n) is 4.55. The lowest BCUT2D eigenvalue weighted by Crippen LogP contribution is -2.15. The first-order valence-electron chi connectivity index (χ1n) is 7.78. The van der Waals surface area contributed by atoms with Gasteiger partial charge in [0, 0.05) is 42.7 Å². The zero-order valence-electron chi connectivity index (χ0n) is 12.2. The summed E-state index contributed by atoms with van der Waals surface area (Å²) in [6, 6.07) is 5.73. The lowest BCUT2D eigenvalue weighted by atomic mass is 9.97. The van der Waals surface area contributed by atoms with Gasteiger partial charge in [-0.1, -0.05) is 0 Å². The zero-order valence-corrected chi connectivity index (χ0v) is 12.2. The number of rotatable bonds is 4. The Morgan fingerprint density at radius 1 is 1.36 bits per heavy atom. The summed E-state index contributed by atoms with van der Waals surface area (Å²) in [4.78, 5) is 12.2. The number of furan rings is 1. The molecule has 2 aromatic heterocycles. The molecule has 1 aliphatic carbocycles. The number of aromatic nitrogens is 2. The molecule has 2 N–H and O–H groups in total. The van der Waals surface area contributed by atoms with Crippen molar-refractivity contribution < 1.29 is 13.9 Å². The standard InChI is InChI=1S/C16H19N3O3/c20-16(12-8-11(12)14-2-1-5-22-14)17-15-9-13(18-19-15)10-3-6-21-7-4-10/h1-2,5,9-12H,3-4,6-8H2,(H2,17,18,19,20)/t11-,12-/m1/s1. The van der Waals surface area contributed by atoms with Crippen molar-refractivity contribution in [3.05, 3.63) is 35.9 Å². The van der Waals surface area contributed by atoms with Gasteiger partial charge in [0.2, 0.25) is 5.91 Å². The fraction of sp³-hybridized carbons (Fsp3) is 0.500. The van der Waals surface area contributed by atoms with E-state index in [1.165, 1.54) is 0 Å². The van der Waals surface area contributed by atoms with Crippen LogP contribution in [0.3, 0.4) is 0 Å². The van der Waals surface area contributed by atoms with Gasteiger partial charge >= 0.3 is 0 Å². The number of H-pyrrole nitrogens is 1. The van der Waals surface area contributed by atoms with Crippen molar-refractivity contribution in [3.63, 3.8) is 0 Å². The molecule has 0 radical (unpaired) electrons. The topological polar surface area (TPSA) is 80.1 Å². The maximum Gasteiger partial charge on any atom is 0.229 e. The van der Waals surface area contributed by atoms with Gasteiger partial charge in [0.1, 0.15) is 5.76 Å². The first-order valence-corrected chi connectivity index (χ1v) is 7.78. The van der Waals surface area contributed by atoms with Crippen molar-refractivity contribution in [1.82, 2.24) is 10.2 Å². The van der Waals surface area contributed by atoms with Crippen LogP contribution >= 0.6 is 0 Å². The maximum atomic E-state index is 12.2. The molecule has 0 spiro atoms. The molecule has 3 heterocycles. The molecule has 22 heavy (non-hydrogen) atoms. The molecule has 1 amide bonds. The van der Waals surface area contributed by atoms with Crippen LogP contribution in [-0.4, -0.2) is 29.3 Å². The summed E-state index contributed by atoms with van der Waals surface area (Å²) in [7, 11) is 0. The Morgan fingerprint density at radius 3 is 3.00 bits per heavy atom. The number of hydrogen-bond acceptors (Lipinski definition) is 4. The highest BCUT2D eigenvalue weighted by Gasteiger charge is 2.46. The minimum absolute atomic E-state index is 0.00520. The summed E-state index contributed by atoms with van der Waals surface area (Å²) in [6.07, 6.45) is 4.49. The molecule has 2 fully saturated rings. The van der Waals surface area contributed by atoms with E-state index in [0.29, 0.717) is 11.7 Å². The highest BCUT2D eigenvalue weighted by Crippen LogP contribution is 2.48. The fourth-order valence-corrected chi connectivity index (χ4v) is 3.14. The Morgan fingerprint density at radius 2 is 2.23 bits per heavy atom. The van der Waals surface area contributed by atoms with Crippen LogP contribution in [0, 0.1) is 5.92 Å². The third-order valence-corrected chi connectivity index (χ3v) is 4.55. The Labute approximate surface area is 128 Å². The zero-order chi connectivity index (χ0) is 14.9. The van der Waals surface area contributed by atoms with E-state index >= 15 is 0 Å². The lowest BCUT2D eigenvalue weighted by molar-refractivity contribution is -0.117. The fourth-order valence-electron chi connectivity index (χ4n) is 3.14. The number of nitrogens with zero attached hydrogens (tertiary/aromatic N) is 1. The minimum Gasteiger partial charge on any atom is -0.469 e. The van der Waals surface area contributed by atoms with Gasteiger partial charge in [-0.15, -0.1) is 0 Å². The summed E-state index contributed by atoms with van der Waals surface area (Å²) in [5, 5.41) is 10.1. The van der Waals surface area contributed by atoms with Gasteiger partial charge in [-0.05, 0) is 31.4 Å². The summed E-state index contributed by atoms with van der Waals surface area (Å²) < 4.78 is 10.7. The number of carbonyl (C=O) groups excluding carboxylic acids is 1. The van der Waals surface area contributed by atoms with Crippen LogP contribution in [0.15, 0.2) is 28.9 Å². The molecule has 4 rings (SSSR count). The van der Waals surface area contributed by atoms with Crippen LogP contribution in [-0.2, 0) is 9.53 Å². The number of hydrogen-bond donors (Lipinski definition) is 2. The van der Waals surface area contributed by atoms with Crippen LogP contribution < -0.4 is 5.32 Å². The van der Waals surface area contributed by atoms with Crippen molar-refractivity contribution in [2.24, 2.45) is 5.92 Å². The first kappa shape index (κ1) is 13.6. The van der Waals surface area contributed by atoms with Crippen molar-refractivity contribution in [1.29, 1.82) is 0 Å². The smallest absolute Gasteiger partial charge is 0.229 e. The summed E-state index contributed by atoms with van der Waals surface area (Å²) in [5.41, 5.74) is 1.08. The van der Waals surface area contributed by atoms with Gasteiger partial charge in [0.05, 0.1) is 6.26 Å². The van der Waals surface area contributed by atoms with Crippen LogP contribution in [0.2, 0.25) is 0 Å². The molecule has 2 atom stereocenters. The minimum atomic E-state index is -0.00520. The van der Waals surface area contributed by atoms with Crippen LogP contribution in [0.5, 0.6) is 0 Å². The molecule has 1 saturated heterocycles. The molecule has 6 heteroatoms. The number of anilines is 1. The van der Waals surface area contributed by atoms with Gasteiger partial charge in [-0.2, -0.15) is 5.10 Å². The normalized spacial score (nSPS) is 25.1.